The van der Waals surface area contributed by atoms with Crippen LogP contribution in [0, 0.1) is 13.8 Å². The van der Waals surface area contributed by atoms with Crippen molar-refractivity contribution in [1.29, 1.82) is 0 Å². The Balaban J connectivity index is 1.64. The van der Waals surface area contributed by atoms with E-state index < -0.39 is 24.1 Å². The van der Waals surface area contributed by atoms with Gasteiger partial charge in [-0.1, -0.05) is 18.2 Å². The molecule has 248 valence electrons. The minimum Gasteiger partial charge on any atom is -0.496 e. The summed E-state index contributed by atoms with van der Waals surface area (Å²) in [6.07, 6.45) is 2.33. The van der Waals surface area contributed by atoms with Crippen LogP contribution < -0.4 is 28.4 Å². The number of fused-ring (bicyclic) bond motifs is 7. The van der Waals surface area contributed by atoms with Crippen molar-refractivity contribution in [3.8, 4) is 34.5 Å². The maximum absolute atomic E-state index is 14.8. The largest absolute Gasteiger partial charge is 0.496 e. The summed E-state index contributed by atoms with van der Waals surface area (Å²) in [5.74, 6) is 2.59. The molecule has 1 saturated heterocycles. The van der Waals surface area contributed by atoms with Gasteiger partial charge in [0.2, 0.25) is 5.91 Å². The zero-order chi connectivity index (χ0) is 33.7. The average Bonchev–Trinajstić information content (AvgIpc) is 3.08. The summed E-state index contributed by atoms with van der Waals surface area (Å²) in [5.41, 5.74) is 5.64. The number of esters is 1. The molecule has 3 aliphatic heterocycles. The number of rotatable bonds is 9. The molecule has 6 rings (SSSR count). The number of amides is 1. The summed E-state index contributed by atoms with van der Waals surface area (Å²) >= 11 is 0. The molecule has 0 aliphatic carbocycles. The van der Waals surface area contributed by atoms with Gasteiger partial charge in [-0.3, -0.25) is 9.69 Å². The van der Waals surface area contributed by atoms with Crippen LogP contribution >= 0.6 is 0 Å². The van der Waals surface area contributed by atoms with Crippen LogP contribution in [0.3, 0.4) is 0 Å². The van der Waals surface area contributed by atoms with Gasteiger partial charge in [0, 0.05) is 45.5 Å². The molecule has 0 saturated carbocycles. The Hall–Kier alpha value is -4.90. The van der Waals surface area contributed by atoms with E-state index in [1.165, 1.54) is 0 Å². The number of piperazine rings is 1. The summed E-state index contributed by atoms with van der Waals surface area (Å²) in [6, 6.07) is 6.97. The third-order valence-corrected chi connectivity index (χ3v) is 9.59. The first kappa shape index (κ1) is 32.1. The fourth-order valence-corrected chi connectivity index (χ4v) is 7.61. The predicted octanol–water partition coefficient (Wildman–Crippen LogP) is 5.05. The lowest BCUT2D eigenvalue weighted by atomic mass is 9.77. The van der Waals surface area contributed by atoms with Crippen molar-refractivity contribution >= 4 is 18.0 Å². The molecular formula is C36H40N2O9. The van der Waals surface area contributed by atoms with E-state index in [4.69, 9.17) is 33.2 Å². The zero-order valence-corrected chi connectivity index (χ0v) is 28.2. The molecule has 0 aromatic heterocycles. The Morgan fingerprint density at radius 3 is 1.89 bits per heavy atom. The predicted molar refractivity (Wildman–Crippen MR) is 174 cm³/mol. The topological polar surface area (TPSA) is 105 Å². The monoisotopic (exact) mass is 644 g/mol. The van der Waals surface area contributed by atoms with Crippen LogP contribution in [-0.2, 0) is 16.0 Å². The number of ether oxygens (including phenoxy) is 7. The molecule has 3 atom stereocenters. The third-order valence-electron chi connectivity index (χ3n) is 9.59. The maximum Gasteiger partial charge on any atom is 0.338 e. The number of likely N-dealkylation sites (N-methyl/N-ethyl adjacent to an activating group) is 1. The number of benzene rings is 3. The lowest BCUT2D eigenvalue weighted by Crippen LogP contribution is -2.60. The second kappa shape index (κ2) is 12.4. The lowest BCUT2D eigenvalue weighted by Gasteiger charge is -2.53. The fraction of sp³-hybridized carbons (Fsp3) is 0.389. The van der Waals surface area contributed by atoms with Crippen LogP contribution in [0.25, 0.3) is 6.08 Å². The van der Waals surface area contributed by atoms with E-state index in [0.29, 0.717) is 63.3 Å². The fourth-order valence-electron chi connectivity index (χ4n) is 7.61. The van der Waals surface area contributed by atoms with E-state index in [1.807, 2.05) is 33.0 Å². The summed E-state index contributed by atoms with van der Waals surface area (Å²) < 4.78 is 41.6. The number of carbonyl (C=O) groups excluding carboxylic acids is 2. The van der Waals surface area contributed by atoms with E-state index in [2.05, 4.69) is 4.90 Å². The van der Waals surface area contributed by atoms with Crippen molar-refractivity contribution in [2.24, 2.45) is 0 Å². The van der Waals surface area contributed by atoms with Crippen LogP contribution in [0.4, 0.5) is 0 Å². The third kappa shape index (κ3) is 4.66. The van der Waals surface area contributed by atoms with Gasteiger partial charge in [-0.15, -0.1) is 0 Å². The van der Waals surface area contributed by atoms with Crippen molar-refractivity contribution in [3.05, 3.63) is 75.0 Å². The zero-order valence-electron chi connectivity index (χ0n) is 28.2. The summed E-state index contributed by atoms with van der Waals surface area (Å²) in [5, 5.41) is 0. The van der Waals surface area contributed by atoms with Gasteiger partial charge in [-0.25, -0.2) is 4.79 Å². The highest BCUT2D eigenvalue weighted by Crippen LogP contribution is 2.59. The highest BCUT2D eigenvalue weighted by atomic mass is 16.5. The van der Waals surface area contributed by atoms with Gasteiger partial charge in [-0.05, 0) is 39.1 Å². The molecule has 2 bridgehead atoms. The average molecular weight is 645 g/mol. The van der Waals surface area contributed by atoms with Gasteiger partial charge >= 0.3 is 5.97 Å². The number of hydrogen-bond acceptors (Lipinski definition) is 10. The molecule has 3 aliphatic rings. The van der Waals surface area contributed by atoms with Gasteiger partial charge in [0.25, 0.3) is 0 Å². The Bertz CT molecular complexity index is 1790. The summed E-state index contributed by atoms with van der Waals surface area (Å²) in [7, 11) is 11.5. The van der Waals surface area contributed by atoms with Crippen molar-refractivity contribution in [2.45, 2.75) is 38.4 Å². The lowest BCUT2D eigenvalue weighted by molar-refractivity contribution is -0.144. The number of carbonyl (C=O) groups is 2. The van der Waals surface area contributed by atoms with Crippen LogP contribution in [0.15, 0.2) is 36.0 Å². The molecule has 1 amide bonds. The summed E-state index contributed by atoms with van der Waals surface area (Å²) in [6.45, 7) is 3.66. The first-order valence-corrected chi connectivity index (χ1v) is 15.3. The van der Waals surface area contributed by atoms with Crippen LogP contribution in [-0.4, -0.2) is 84.0 Å². The van der Waals surface area contributed by atoms with Crippen LogP contribution in [0.1, 0.15) is 55.8 Å². The Labute approximate surface area is 274 Å². The smallest absolute Gasteiger partial charge is 0.338 e. The van der Waals surface area contributed by atoms with Gasteiger partial charge in [0.1, 0.15) is 24.1 Å². The Morgan fingerprint density at radius 2 is 1.32 bits per heavy atom. The van der Waals surface area contributed by atoms with Crippen molar-refractivity contribution in [2.75, 3.05) is 56.3 Å². The van der Waals surface area contributed by atoms with Gasteiger partial charge in [-0.2, -0.15) is 0 Å². The minimum atomic E-state index is -0.774. The van der Waals surface area contributed by atoms with Crippen LogP contribution in [0.2, 0.25) is 0 Å². The molecular weight excluding hydrogens is 604 g/mol. The second-order valence-electron chi connectivity index (χ2n) is 11.7. The molecule has 3 aromatic rings. The SMILES string of the molecule is COc1c(C)c(OC)c(OC)c2c1C=C1[C@H]3c4c(c(OC)c(C)c(OC)c4OC)C[C@@H](C(=O)N1[C@H]2COC(=O)c1ccccc1)N3C. The van der Waals surface area contributed by atoms with Gasteiger partial charge in [0.15, 0.2) is 23.0 Å². The Morgan fingerprint density at radius 1 is 0.766 bits per heavy atom. The Kier molecular flexibility index (Phi) is 8.44. The highest BCUT2D eigenvalue weighted by molar-refractivity contribution is 5.92. The molecule has 0 spiro atoms. The highest BCUT2D eigenvalue weighted by Gasteiger charge is 2.54. The quantitative estimate of drug-likeness (QED) is 0.294. The first-order valence-electron chi connectivity index (χ1n) is 15.3. The standard InChI is InChI=1S/C36H40N2O9/c1-18-29(41-4)21-15-23-28-27-22(30(42-5)19(2)32(44-7)34(27)46-9)16-24(37(28)3)35(39)38(23)25(26(21)33(45-8)31(18)43-6)17-47-36(40)20-13-11-10-12-14-20/h10-15,24-25,28H,16-17H2,1-9H3/t24-,25-,28-/m0/s1. The molecule has 11 heteroatoms. The van der Waals surface area contributed by atoms with Crippen LogP contribution in [0.5, 0.6) is 34.5 Å². The van der Waals surface area contributed by atoms with Gasteiger partial charge < -0.3 is 38.1 Å². The number of hydrogen-bond donors (Lipinski definition) is 0. The molecule has 1 fully saturated rings. The molecule has 11 nitrogen and oxygen atoms in total. The molecule has 47 heavy (non-hydrogen) atoms. The molecule has 0 unspecified atom stereocenters. The summed E-state index contributed by atoms with van der Waals surface area (Å²) in [4.78, 5) is 31.9. The van der Waals surface area contributed by atoms with E-state index in [1.54, 1.807) is 71.8 Å². The normalized spacial score (nSPS) is 19.5. The van der Waals surface area contributed by atoms with E-state index in [9.17, 15) is 9.59 Å². The molecule has 3 heterocycles. The maximum atomic E-state index is 14.8. The van der Waals surface area contributed by atoms with Gasteiger partial charge in [0.05, 0.1) is 60.3 Å². The number of nitrogens with zero attached hydrogens (tertiary/aromatic N) is 2. The second-order valence-corrected chi connectivity index (χ2v) is 11.7. The van der Waals surface area contributed by atoms with Crippen molar-refractivity contribution < 1.29 is 42.7 Å². The minimum absolute atomic E-state index is 0.150. The van der Waals surface area contributed by atoms with Crippen molar-refractivity contribution in [1.82, 2.24) is 9.80 Å². The first-order chi connectivity index (χ1) is 22.7. The molecule has 3 aromatic carbocycles. The number of methoxy groups -OCH3 is 6. The molecule has 0 N–H and O–H groups in total. The van der Waals surface area contributed by atoms with E-state index >= 15 is 0 Å². The van der Waals surface area contributed by atoms with E-state index in [0.717, 1.165) is 22.3 Å². The van der Waals surface area contributed by atoms with Crippen molar-refractivity contribution in [3.63, 3.8) is 0 Å². The van der Waals surface area contributed by atoms with E-state index in [-0.39, 0.29) is 12.5 Å². The molecule has 0 radical (unpaired) electrons.